The third-order valence-electron chi connectivity index (χ3n) is 5.38. The highest BCUT2D eigenvalue weighted by molar-refractivity contribution is 8.12. The van der Waals surface area contributed by atoms with Crippen molar-refractivity contribution in [3.8, 4) is 0 Å². The zero-order valence-electron chi connectivity index (χ0n) is 18.3. The number of para-hydroxylation sites is 1. The number of hydrogen-bond donors (Lipinski definition) is 0. The molecule has 4 heteroatoms. The number of ether oxygens (including phenoxy) is 1. The van der Waals surface area contributed by atoms with Crippen molar-refractivity contribution in [2.24, 2.45) is 4.99 Å². The SMILES string of the molecule is C=C/C(=C\C=C(/C)CCN(CC)C1CCCCC1)OC(=Nc1ccccc1)SC. The smallest absolute Gasteiger partial charge is 0.256 e. The van der Waals surface area contributed by atoms with Crippen molar-refractivity contribution < 1.29 is 4.74 Å². The molecule has 0 aromatic heterocycles. The van der Waals surface area contributed by atoms with Crippen LogP contribution in [-0.4, -0.2) is 35.5 Å². The van der Waals surface area contributed by atoms with Gasteiger partial charge >= 0.3 is 0 Å². The summed E-state index contributed by atoms with van der Waals surface area (Å²) < 4.78 is 5.95. The van der Waals surface area contributed by atoms with Gasteiger partial charge in [0.05, 0.1) is 5.69 Å². The maximum absolute atomic E-state index is 5.95. The van der Waals surface area contributed by atoms with Crippen molar-refractivity contribution in [3.63, 3.8) is 0 Å². The molecule has 1 fully saturated rings. The number of aliphatic imine (C=N–C) groups is 1. The van der Waals surface area contributed by atoms with Crippen LogP contribution in [-0.2, 0) is 4.74 Å². The zero-order valence-corrected chi connectivity index (χ0v) is 19.1. The van der Waals surface area contributed by atoms with Gasteiger partial charge in [-0.1, -0.05) is 74.4 Å². The Morgan fingerprint density at radius 1 is 1.21 bits per heavy atom. The van der Waals surface area contributed by atoms with Gasteiger partial charge < -0.3 is 9.64 Å². The van der Waals surface area contributed by atoms with E-state index in [-0.39, 0.29) is 0 Å². The van der Waals surface area contributed by atoms with Crippen LogP contribution >= 0.6 is 11.8 Å². The lowest BCUT2D eigenvalue weighted by molar-refractivity contribution is 0.165. The summed E-state index contributed by atoms with van der Waals surface area (Å²) in [5.74, 6) is 0.716. The highest BCUT2D eigenvalue weighted by Gasteiger charge is 2.19. The van der Waals surface area contributed by atoms with Crippen LogP contribution in [0.5, 0.6) is 0 Å². The van der Waals surface area contributed by atoms with E-state index in [1.54, 1.807) is 6.08 Å². The molecule has 0 aliphatic heterocycles. The van der Waals surface area contributed by atoms with Gasteiger partial charge in [-0.15, -0.1) is 0 Å². The molecular weight excluding hydrogens is 376 g/mol. The van der Waals surface area contributed by atoms with E-state index in [1.165, 1.54) is 49.4 Å². The molecule has 0 saturated heterocycles. The summed E-state index contributed by atoms with van der Waals surface area (Å²) in [6.45, 7) is 10.6. The Morgan fingerprint density at radius 2 is 1.93 bits per heavy atom. The molecule has 0 amide bonds. The first-order valence-corrected chi connectivity index (χ1v) is 12.0. The van der Waals surface area contributed by atoms with Gasteiger partial charge in [0.25, 0.3) is 5.23 Å². The van der Waals surface area contributed by atoms with Crippen molar-refractivity contribution >= 4 is 22.7 Å². The first-order chi connectivity index (χ1) is 14.2. The molecule has 0 unspecified atom stereocenters. The third kappa shape index (κ3) is 8.63. The maximum atomic E-state index is 5.95. The number of benzene rings is 1. The van der Waals surface area contributed by atoms with Crippen molar-refractivity contribution in [3.05, 3.63) is 66.5 Å². The molecule has 0 radical (unpaired) electrons. The number of allylic oxidation sites excluding steroid dienone is 3. The minimum Gasteiger partial charge on any atom is -0.434 e. The van der Waals surface area contributed by atoms with Gasteiger partial charge in [-0.3, -0.25) is 0 Å². The normalized spacial score (nSPS) is 16.9. The summed E-state index contributed by atoms with van der Waals surface area (Å²) in [6, 6.07) is 10.6. The maximum Gasteiger partial charge on any atom is 0.256 e. The summed E-state index contributed by atoms with van der Waals surface area (Å²) in [5, 5.41) is 0.614. The Kier molecular flexibility index (Phi) is 10.9. The predicted molar refractivity (Wildman–Crippen MR) is 129 cm³/mol. The van der Waals surface area contributed by atoms with Crippen LogP contribution in [0.15, 0.2) is 71.5 Å². The van der Waals surface area contributed by atoms with E-state index >= 15 is 0 Å². The molecule has 1 aromatic carbocycles. The topological polar surface area (TPSA) is 24.8 Å². The summed E-state index contributed by atoms with van der Waals surface area (Å²) in [4.78, 5) is 7.21. The van der Waals surface area contributed by atoms with E-state index in [0.717, 1.165) is 31.2 Å². The van der Waals surface area contributed by atoms with E-state index in [4.69, 9.17) is 4.74 Å². The summed E-state index contributed by atoms with van der Waals surface area (Å²) in [7, 11) is 0. The highest BCUT2D eigenvalue weighted by atomic mass is 32.2. The Bertz CT molecular complexity index is 703. The summed E-state index contributed by atoms with van der Waals surface area (Å²) in [5.41, 5.74) is 2.24. The number of rotatable bonds is 9. The fraction of sp³-hybridized carbons (Fsp3) is 0.480. The van der Waals surface area contributed by atoms with Gasteiger partial charge in [0.15, 0.2) is 0 Å². The van der Waals surface area contributed by atoms with Crippen LogP contribution in [0.25, 0.3) is 0 Å². The van der Waals surface area contributed by atoms with Gasteiger partial charge in [-0.05, 0) is 63.3 Å². The fourth-order valence-corrected chi connectivity index (χ4v) is 4.01. The molecule has 0 N–H and O–H groups in total. The number of thioether (sulfide) groups is 1. The lowest BCUT2D eigenvalue weighted by atomic mass is 9.94. The standard InChI is InChI=1S/C25H36N2OS/c1-5-24(28-25(29-4)26-22-13-9-7-10-14-22)18-17-21(3)19-20-27(6-2)23-15-11-8-12-16-23/h5,7,9-10,13-14,17-18,23H,1,6,8,11-12,15-16,19-20H2,2-4H3/b21-17+,24-18+,26-25?. The summed E-state index contributed by atoms with van der Waals surface area (Å²) in [6.07, 6.45) is 15.8. The molecule has 0 bridgehead atoms. The van der Waals surface area contributed by atoms with E-state index < -0.39 is 0 Å². The largest absolute Gasteiger partial charge is 0.434 e. The minimum atomic E-state index is 0.614. The molecule has 1 aromatic rings. The second-order valence-electron chi connectivity index (χ2n) is 7.48. The Hall–Kier alpha value is -1.78. The van der Waals surface area contributed by atoms with Crippen LogP contribution in [0.4, 0.5) is 5.69 Å². The molecule has 3 nitrogen and oxygen atoms in total. The molecule has 1 aliphatic rings. The van der Waals surface area contributed by atoms with Crippen molar-refractivity contribution in [1.82, 2.24) is 4.90 Å². The lowest BCUT2D eigenvalue weighted by Crippen LogP contribution is -2.37. The molecular formula is C25H36N2OS. The number of hydrogen-bond acceptors (Lipinski definition) is 4. The van der Waals surface area contributed by atoms with E-state index in [1.807, 2.05) is 42.7 Å². The van der Waals surface area contributed by atoms with Gasteiger partial charge in [0, 0.05) is 12.6 Å². The fourth-order valence-electron chi connectivity index (χ4n) is 3.64. The molecule has 1 saturated carbocycles. The minimum absolute atomic E-state index is 0.614. The molecule has 0 heterocycles. The Balaban J connectivity index is 1.93. The van der Waals surface area contributed by atoms with Crippen LogP contribution < -0.4 is 0 Å². The van der Waals surface area contributed by atoms with Gasteiger partial charge in [0.2, 0.25) is 0 Å². The van der Waals surface area contributed by atoms with Crippen molar-refractivity contribution in [2.75, 3.05) is 19.3 Å². The molecule has 1 aliphatic carbocycles. The molecule has 158 valence electrons. The van der Waals surface area contributed by atoms with E-state index in [2.05, 4.69) is 36.4 Å². The molecule has 0 spiro atoms. The van der Waals surface area contributed by atoms with Crippen molar-refractivity contribution in [1.29, 1.82) is 0 Å². The second kappa shape index (κ2) is 13.4. The third-order valence-corrected chi connectivity index (χ3v) is 5.90. The first kappa shape index (κ1) is 23.5. The highest BCUT2D eigenvalue weighted by Crippen LogP contribution is 2.23. The van der Waals surface area contributed by atoms with E-state index in [0.29, 0.717) is 11.0 Å². The molecule has 0 atom stereocenters. The van der Waals surface area contributed by atoms with Crippen molar-refractivity contribution in [2.45, 2.75) is 58.4 Å². The van der Waals surface area contributed by atoms with E-state index in [9.17, 15) is 0 Å². The molecule has 2 rings (SSSR count). The lowest BCUT2D eigenvalue weighted by Gasteiger charge is -2.33. The van der Waals surface area contributed by atoms with Crippen LogP contribution in [0.3, 0.4) is 0 Å². The zero-order chi connectivity index (χ0) is 20.9. The monoisotopic (exact) mass is 412 g/mol. The van der Waals surface area contributed by atoms with Gasteiger partial charge in [-0.2, -0.15) is 0 Å². The van der Waals surface area contributed by atoms with Gasteiger partial charge in [0.1, 0.15) is 5.76 Å². The summed E-state index contributed by atoms with van der Waals surface area (Å²) >= 11 is 1.49. The van der Waals surface area contributed by atoms with Crippen LogP contribution in [0, 0.1) is 0 Å². The second-order valence-corrected chi connectivity index (χ2v) is 8.23. The number of nitrogens with zero attached hydrogens (tertiary/aromatic N) is 2. The van der Waals surface area contributed by atoms with Crippen LogP contribution in [0.1, 0.15) is 52.4 Å². The van der Waals surface area contributed by atoms with Crippen LogP contribution in [0.2, 0.25) is 0 Å². The molecule has 29 heavy (non-hydrogen) atoms. The first-order valence-electron chi connectivity index (χ1n) is 10.8. The Morgan fingerprint density at radius 3 is 2.55 bits per heavy atom. The quantitative estimate of drug-likeness (QED) is 0.187. The average molecular weight is 413 g/mol. The Labute approximate surface area is 181 Å². The van der Waals surface area contributed by atoms with Gasteiger partial charge in [-0.25, -0.2) is 4.99 Å². The predicted octanol–water partition coefficient (Wildman–Crippen LogP) is 7.11. The average Bonchev–Trinajstić information content (AvgIpc) is 2.77.